The van der Waals surface area contributed by atoms with Crippen LogP contribution in [0.2, 0.25) is 0 Å². The van der Waals surface area contributed by atoms with Gasteiger partial charge < -0.3 is 15.5 Å². The first-order chi connectivity index (χ1) is 30.0. The van der Waals surface area contributed by atoms with Crippen molar-refractivity contribution in [3.63, 3.8) is 0 Å². The van der Waals surface area contributed by atoms with E-state index in [-0.39, 0.29) is 17.4 Å². The van der Waals surface area contributed by atoms with E-state index in [4.69, 9.17) is 0 Å². The number of nitrogens with one attached hydrogen (secondary N) is 2. The molecule has 334 valence electrons. The Balaban J connectivity index is 0.903. The molecule has 1 fully saturated rings. The van der Waals surface area contributed by atoms with Gasteiger partial charge in [0.15, 0.2) is 5.82 Å². The van der Waals surface area contributed by atoms with Crippen LogP contribution in [0.15, 0.2) is 116 Å². The van der Waals surface area contributed by atoms with Gasteiger partial charge in [0.25, 0.3) is 0 Å². The van der Waals surface area contributed by atoms with E-state index < -0.39 is 0 Å². The number of carbonyl (C=O) groups excluding carboxylic acids is 1. The Morgan fingerprint density at radius 3 is 2.06 bits per heavy atom. The first-order valence-corrected chi connectivity index (χ1v) is 24.1. The lowest BCUT2D eigenvalue weighted by atomic mass is 9.77. The quantitative estimate of drug-likeness (QED) is 0.0563. The predicted molar refractivity (Wildman–Crippen MR) is 263 cm³/mol. The fourth-order valence-corrected chi connectivity index (χ4v) is 9.19. The van der Waals surface area contributed by atoms with Gasteiger partial charge in [0, 0.05) is 61.3 Å². The molecular weight excluding hydrogens is 759 g/mol. The normalized spacial score (nSPS) is 15.9. The molecule has 1 saturated heterocycles. The van der Waals surface area contributed by atoms with Gasteiger partial charge in [0.2, 0.25) is 5.91 Å². The molecule has 2 aliphatic rings. The van der Waals surface area contributed by atoms with Crippen molar-refractivity contribution in [3.8, 4) is 0 Å². The van der Waals surface area contributed by atoms with Crippen LogP contribution in [0.25, 0.3) is 5.57 Å². The zero-order valence-electron chi connectivity index (χ0n) is 39.3. The SMILES string of the molecule is C=CC(CCC(=O)NC)NC(=C)C1=CC(N2CC(CCCCCCCCCCCc3ccc(C(C)(C)c4ccc(CCc5ccnc(C(=C)C)n5)cc4)cc3)C2)=CCC1CCC. The minimum atomic E-state index is -0.0459. The van der Waals surface area contributed by atoms with E-state index in [1.165, 1.54) is 117 Å². The Morgan fingerprint density at radius 2 is 1.47 bits per heavy atom. The van der Waals surface area contributed by atoms with Gasteiger partial charge in [-0.05, 0) is 116 Å². The molecule has 1 aliphatic heterocycles. The minimum Gasteiger partial charge on any atom is -0.379 e. The molecule has 2 N–H and O–H groups in total. The highest BCUT2D eigenvalue weighted by Gasteiger charge is 2.30. The van der Waals surface area contributed by atoms with Crippen molar-refractivity contribution >= 4 is 11.5 Å². The molecule has 2 unspecified atom stereocenters. The van der Waals surface area contributed by atoms with Crippen LogP contribution in [-0.4, -0.2) is 47.0 Å². The number of benzene rings is 2. The Morgan fingerprint density at radius 1 is 0.855 bits per heavy atom. The van der Waals surface area contributed by atoms with Crippen LogP contribution in [0, 0.1) is 11.8 Å². The third kappa shape index (κ3) is 14.7. The number of hydrogen-bond acceptors (Lipinski definition) is 5. The van der Waals surface area contributed by atoms with Crippen molar-refractivity contribution in [2.75, 3.05) is 20.1 Å². The molecule has 2 heterocycles. The highest BCUT2D eigenvalue weighted by atomic mass is 16.1. The molecule has 2 atom stereocenters. The molecule has 0 saturated carbocycles. The van der Waals surface area contributed by atoms with Crippen molar-refractivity contribution < 1.29 is 4.79 Å². The Labute approximate surface area is 376 Å². The van der Waals surface area contributed by atoms with E-state index in [0.29, 0.717) is 18.8 Å². The summed E-state index contributed by atoms with van der Waals surface area (Å²) < 4.78 is 0. The second-order valence-corrected chi connectivity index (χ2v) is 18.8. The van der Waals surface area contributed by atoms with Crippen molar-refractivity contribution in [2.24, 2.45) is 11.8 Å². The second-order valence-electron chi connectivity index (χ2n) is 18.8. The lowest BCUT2D eigenvalue weighted by molar-refractivity contribution is -0.120. The summed E-state index contributed by atoms with van der Waals surface area (Å²) >= 11 is 0. The van der Waals surface area contributed by atoms with Gasteiger partial charge in [0.05, 0.1) is 0 Å². The van der Waals surface area contributed by atoms with Crippen LogP contribution in [0.4, 0.5) is 0 Å². The Bertz CT molecular complexity index is 1950. The fraction of sp³-hybridized carbons (Fsp3) is 0.518. The number of rotatable bonds is 28. The van der Waals surface area contributed by atoms with Crippen LogP contribution < -0.4 is 10.6 Å². The largest absolute Gasteiger partial charge is 0.379 e. The van der Waals surface area contributed by atoms with Gasteiger partial charge in [-0.3, -0.25) is 4.79 Å². The van der Waals surface area contributed by atoms with Gasteiger partial charge >= 0.3 is 0 Å². The third-order valence-electron chi connectivity index (χ3n) is 13.5. The topological polar surface area (TPSA) is 70.2 Å². The van der Waals surface area contributed by atoms with E-state index in [9.17, 15) is 4.79 Å². The summed E-state index contributed by atoms with van der Waals surface area (Å²) in [4.78, 5) is 23.3. The van der Waals surface area contributed by atoms with E-state index in [1.54, 1.807) is 7.05 Å². The summed E-state index contributed by atoms with van der Waals surface area (Å²) in [5.41, 5.74) is 11.1. The van der Waals surface area contributed by atoms with E-state index >= 15 is 0 Å². The van der Waals surface area contributed by atoms with Gasteiger partial charge in [-0.1, -0.05) is 152 Å². The fourth-order valence-electron chi connectivity index (χ4n) is 9.19. The average molecular weight is 838 g/mol. The summed E-state index contributed by atoms with van der Waals surface area (Å²) in [6, 6.07) is 20.6. The Kier molecular flexibility index (Phi) is 19.3. The molecule has 6 nitrogen and oxygen atoms in total. The van der Waals surface area contributed by atoms with E-state index in [2.05, 4.69) is 127 Å². The molecule has 5 rings (SSSR count). The summed E-state index contributed by atoms with van der Waals surface area (Å²) in [6.07, 6.45) is 29.8. The molecule has 1 aliphatic carbocycles. The zero-order valence-corrected chi connectivity index (χ0v) is 39.3. The maximum atomic E-state index is 11.8. The zero-order chi connectivity index (χ0) is 44.3. The van der Waals surface area contributed by atoms with Gasteiger partial charge in [0.1, 0.15) is 0 Å². The lowest BCUT2D eigenvalue weighted by Crippen LogP contribution is -2.45. The molecule has 0 spiro atoms. The third-order valence-corrected chi connectivity index (χ3v) is 13.5. The van der Waals surface area contributed by atoms with Crippen LogP contribution in [0.5, 0.6) is 0 Å². The van der Waals surface area contributed by atoms with Crippen molar-refractivity contribution in [1.29, 1.82) is 0 Å². The first-order valence-electron chi connectivity index (χ1n) is 24.1. The lowest BCUT2D eigenvalue weighted by Gasteiger charge is -2.43. The van der Waals surface area contributed by atoms with Crippen LogP contribution in [0.1, 0.15) is 158 Å². The minimum absolute atomic E-state index is 0.0341. The molecular formula is C56H79N5O. The van der Waals surface area contributed by atoms with E-state index in [0.717, 1.165) is 60.8 Å². The maximum absolute atomic E-state index is 11.8. The van der Waals surface area contributed by atoms with Crippen molar-refractivity contribution in [2.45, 2.75) is 155 Å². The molecule has 0 radical (unpaired) electrons. The van der Waals surface area contributed by atoms with Gasteiger partial charge in [-0.25, -0.2) is 9.97 Å². The number of likely N-dealkylation sites (tertiary alicyclic amines) is 1. The molecule has 62 heavy (non-hydrogen) atoms. The number of aromatic nitrogens is 2. The number of allylic oxidation sites excluding steroid dienone is 4. The number of unbranched alkanes of at least 4 members (excludes halogenated alkanes) is 8. The Hall–Kier alpha value is -4.71. The van der Waals surface area contributed by atoms with Crippen LogP contribution in [0.3, 0.4) is 0 Å². The van der Waals surface area contributed by atoms with Gasteiger partial charge in [-0.15, -0.1) is 6.58 Å². The smallest absolute Gasteiger partial charge is 0.219 e. The number of nitrogens with zero attached hydrogens (tertiary/aromatic N) is 3. The predicted octanol–water partition coefficient (Wildman–Crippen LogP) is 12.8. The maximum Gasteiger partial charge on any atom is 0.219 e. The number of hydrogen-bond donors (Lipinski definition) is 2. The molecule has 6 heteroatoms. The first kappa shape index (κ1) is 48.3. The number of carbonyl (C=O) groups is 1. The second kappa shape index (κ2) is 24.8. The summed E-state index contributed by atoms with van der Waals surface area (Å²) in [7, 11) is 1.69. The van der Waals surface area contributed by atoms with Gasteiger partial charge in [-0.2, -0.15) is 0 Å². The molecule has 3 aromatic rings. The number of aryl methyl sites for hydroxylation is 3. The number of amides is 1. The monoisotopic (exact) mass is 838 g/mol. The summed E-state index contributed by atoms with van der Waals surface area (Å²) in [5.74, 6) is 2.11. The van der Waals surface area contributed by atoms with Crippen LogP contribution in [-0.2, 0) is 29.5 Å². The van der Waals surface area contributed by atoms with Crippen LogP contribution >= 0.6 is 0 Å². The standard InChI is InChI=1S/C56H79N5O/c1-9-20-47-28-35-52(39-53(47)43(5)59-50(10-2)34-36-54(62)57-8)61-40-46(41-61)22-19-17-15-13-11-12-14-16-18-21-44-23-29-48(30-24-44)56(6,7)49-31-25-45(26-32-49)27-33-51-37-38-58-55(60-51)42(3)4/h10,23-26,29-32,35,37-39,46-47,50,59H,2-3,5,9,11-22,27-28,33-34,36,40-41H2,1,4,6-8H3,(H,57,62). The highest BCUT2D eigenvalue weighted by Crippen LogP contribution is 2.36. The summed E-state index contributed by atoms with van der Waals surface area (Å²) in [6.45, 7) is 23.7. The molecule has 1 amide bonds. The van der Waals surface area contributed by atoms with E-state index in [1.807, 2.05) is 25.3 Å². The summed E-state index contributed by atoms with van der Waals surface area (Å²) in [5, 5.41) is 6.30. The van der Waals surface area contributed by atoms with Crippen molar-refractivity contribution in [1.82, 2.24) is 25.5 Å². The highest BCUT2D eigenvalue weighted by molar-refractivity contribution is 5.75. The molecule has 1 aromatic heterocycles. The molecule has 0 bridgehead atoms. The van der Waals surface area contributed by atoms with Crippen molar-refractivity contribution in [3.05, 3.63) is 149 Å². The molecule has 2 aromatic carbocycles. The average Bonchev–Trinajstić information content (AvgIpc) is 3.27.